The molecular formula is C22H27IN4O3. The van der Waals surface area contributed by atoms with Crippen molar-refractivity contribution < 1.29 is 9.66 Å². The van der Waals surface area contributed by atoms with Gasteiger partial charge in [-0.1, -0.05) is 30.3 Å². The summed E-state index contributed by atoms with van der Waals surface area (Å²) in [5, 5.41) is 17.7. The number of non-ortho nitro benzene ring substituents is 1. The van der Waals surface area contributed by atoms with Gasteiger partial charge in [-0.2, -0.15) is 0 Å². The van der Waals surface area contributed by atoms with Gasteiger partial charge in [0.15, 0.2) is 5.96 Å². The molecule has 1 atom stereocenters. The minimum absolute atomic E-state index is 0. The quantitative estimate of drug-likeness (QED) is 0.200. The number of rotatable bonds is 4. The van der Waals surface area contributed by atoms with E-state index >= 15 is 0 Å². The van der Waals surface area contributed by atoms with Crippen LogP contribution in [0.4, 0.5) is 5.69 Å². The van der Waals surface area contributed by atoms with Crippen LogP contribution in [0.25, 0.3) is 0 Å². The number of hydrogen-bond donors (Lipinski definition) is 2. The first-order valence-electron chi connectivity index (χ1n) is 10.1. The third-order valence-electron chi connectivity index (χ3n) is 5.85. The molecule has 30 heavy (non-hydrogen) atoms. The van der Waals surface area contributed by atoms with Crippen molar-refractivity contribution >= 4 is 35.6 Å². The Bertz CT molecular complexity index is 911. The Labute approximate surface area is 193 Å². The molecule has 1 heterocycles. The number of nitrogens with zero attached hydrogens (tertiary/aromatic N) is 2. The van der Waals surface area contributed by atoms with Crippen molar-refractivity contribution in [3.63, 3.8) is 0 Å². The standard InChI is InChI=1S/C22H26N4O3.HI/c1-23-21(24-15-16-8-10-17(11-9-16)26(27)28)25-19-14-22(12-4-5-13-22)29-20-7-3-2-6-18(19)20;/h2-3,6-11,19H,4-5,12-15H2,1H3,(H2,23,24,25);1H. The van der Waals surface area contributed by atoms with Crippen molar-refractivity contribution in [2.24, 2.45) is 4.99 Å². The smallest absolute Gasteiger partial charge is 0.269 e. The Kier molecular flexibility index (Phi) is 7.17. The predicted octanol–water partition coefficient (Wildman–Crippen LogP) is 4.71. The van der Waals surface area contributed by atoms with E-state index in [1.54, 1.807) is 19.2 Å². The summed E-state index contributed by atoms with van der Waals surface area (Å²) in [5.74, 6) is 1.67. The molecule has 1 fully saturated rings. The van der Waals surface area contributed by atoms with Crippen molar-refractivity contribution in [2.45, 2.75) is 50.3 Å². The fourth-order valence-electron chi connectivity index (χ4n) is 4.35. The van der Waals surface area contributed by atoms with E-state index in [0.717, 1.165) is 36.1 Å². The SMILES string of the molecule is CN=C(NCc1ccc([N+](=O)[O-])cc1)NC1CC2(CCCC2)Oc2ccccc21.I. The number of halogens is 1. The molecule has 1 aliphatic heterocycles. The lowest BCUT2D eigenvalue weighted by Gasteiger charge is -2.40. The molecule has 2 N–H and O–H groups in total. The fraction of sp³-hybridized carbons (Fsp3) is 0.409. The van der Waals surface area contributed by atoms with Gasteiger partial charge in [0.2, 0.25) is 0 Å². The normalized spacial score (nSPS) is 19.4. The molecule has 1 saturated carbocycles. The molecule has 2 aromatic rings. The molecule has 0 radical (unpaired) electrons. The third-order valence-corrected chi connectivity index (χ3v) is 5.85. The van der Waals surface area contributed by atoms with E-state index < -0.39 is 0 Å². The number of fused-ring (bicyclic) bond motifs is 1. The van der Waals surface area contributed by atoms with E-state index in [4.69, 9.17) is 4.74 Å². The molecule has 0 bridgehead atoms. The van der Waals surface area contributed by atoms with Gasteiger partial charge in [-0.05, 0) is 37.3 Å². The largest absolute Gasteiger partial charge is 0.487 e. The van der Waals surface area contributed by atoms with E-state index in [-0.39, 0.29) is 46.2 Å². The average molecular weight is 522 g/mol. The van der Waals surface area contributed by atoms with Crippen LogP contribution in [0, 0.1) is 10.1 Å². The van der Waals surface area contributed by atoms with Crippen LogP contribution < -0.4 is 15.4 Å². The van der Waals surface area contributed by atoms with Gasteiger partial charge in [0.05, 0.1) is 11.0 Å². The Balaban J connectivity index is 0.00000256. The lowest BCUT2D eigenvalue weighted by atomic mass is 9.86. The first-order chi connectivity index (χ1) is 14.1. The minimum Gasteiger partial charge on any atom is -0.487 e. The second kappa shape index (κ2) is 9.63. The van der Waals surface area contributed by atoms with Crippen molar-refractivity contribution in [1.29, 1.82) is 0 Å². The molecule has 1 aliphatic carbocycles. The molecular weight excluding hydrogens is 495 g/mol. The van der Waals surface area contributed by atoms with Gasteiger partial charge in [-0.3, -0.25) is 15.1 Å². The molecule has 2 aromatic carbocycles. The fourth-order valence-corrected chi connectivity index (χ4v) is 4.35. The van der Waals surface area contributed by atoms with Crippen LogP contribution in [-0.4, -0.2) is 23.5 Å². The summed E-state index contributed by atoms with van der Waals surface area (Å²) < 4.78 is 6.43. The predicted molar refractivity (Wildman–Crippen MR) is 127 cm³/mol. The number of hydrogen-bond acceptors (Lipinski definition) is 4. The third kappa shape index (κ3) is 4.85. The molecule has 7 nitrogen and oxygen atoms in total. The number of nitrogens with one attached hydrogen (secondary N) is 2. The Morgan fingerprint density at radius 1 is 1.20 bits per heavy atom. The van der Waals surface area contributed by atoms with E-state index in [1.165, 1.54) is 25.0 Å². The second-order valence-corrected chi connectivity index (χ2v) is 7.78. The van der Waals surface area contributed by atoms with Gasteiger partial charge in [-0.25, -0.2) is 0 Å². The molecule has 8 heteroatoms. The van der Waals surface area contributed by atoms with Crippen molar-refractivity contribution in [3.8, 4) is 5.75 Å². The van der Waals surface area contributed by atoms with Crippen LogP contribution >= 0.6 is 24.0 Å². The zero-order chi connectivity index (χ0) is 20.3. The lowest BCUT2D eigenvalue weighted by molar-refractivity contribution is -0.384. The molecule has 0 saturated heterocycles. The van der Waals surface area contributed by atoms with Crippen molar-refractivity contribution in [2.75, 3.05) is 7.05 Å². The Morgan fingerprint density at radius 2 is 1.90 bits per heavy atom. The van der Waals surface area contributed by atoms with Gasteiger partial charge in [-0.15, -0.1) is 24.0 Å². The van der Waals surface area contributed by atoms with E-state index in [9.17, 15) is 10.1 Å². The van der Waals surface area contributed by atoms with Gasteiger partial charge < -0.3 is 15.4 Å². The zero-order valence-electron chi connectivity index (χ0n) is 17.0. The average Bonchev–Trinajstić information content (AvgIpc) is 3.18. The zero-order valence-corrected chi connectivity index (χ0v) is 19.3. The van der Waals surface area contributed by atoms with Crippen molar-refractivity contribution in [3.05, 3.63) is 69.8 Å². The number of guanidine groups is 1. The van der Waals surface area contributed by atoms with Crippen LogP contribution in [0.15, 0.2) is 53.5 Å². The highest BCUT2D eigenvalue weighted by atomic mass is 127. The maximum absolute atomic E-state index is 10.8. The molecule has 2 aliphatic rings. The first kappa shape index (κ1) is 22.3. The van der Waals surface area contributed by atoms with E-state index in [2.05, 4.69) is 27.8 Å². The maximum atomic E-state index is 10.8. The highest BCUT2D eigenvalue weighted by Gasteiger charge is 2.43. The van der Waals surface area contributed by atoms with E-state index in [1.807, 2.05) is 12.1 Å². The molecule has 4 rings (SSSR count). The second-order valence-electron chi connectivity index (χ2n) is 7.78. The van der Waals surface area contributed by atoms with Crippen LogP contribution in [0.3, 0.4) is 0 Å². The molecule has 1 unspecified atom stereocenters. The lowest BCUT2D eigenvalue weighted by Crippen LogP contribution is -2.46. The number of aliphatic imine (C=N–C) groups is 1. The first-order valence-corrected chi connectivity index (χ1v) is 10.1. The summed E-state index contributed by atoms with van der Waals surface area (Å²) in [7, 11) is 1.75. The Hall–Kier alpha value is -2.36. The molecule has 0 aromatic heterocycles. The number of nitro groups is 1. The number of para-hydroxylation sites is 1. The summed E-state index contributed by atoms with van der Waals surface area (Å²) in [6.07, 6.45) is 5.52. The van der Waals surface area contributed by atoms with Crippen LogP contribution in [0.1, 0.15) is 49.3 Å². The van der Waals surface area contributed by atoms with Crippen LogP contribution in [-0.2, 0) is 6.54 Å². The van der Waals surface area contributed by atoms with Crippen molar-refractivity contribution in [1.82, 2.24) is 10.6 Å². The Morgan fingerprint density at radius 3 is 2.57 bits per heavy atom. The monoisotopic (exact) mass is 522 g/mol. The van der Waals surface area contributed by atoms with Gasteiger partial charge in [0.25, 0.3) is 5.69 Å². The summed E-state index contributed by atoms with van der Waals surface area (Å²) in [6, 6.07) is 14.9. The topological polar surface area (TPSA) is 88.8 Å². The highest BCUT2D eigenvalue weighted by molar-refractivity contribution is 14.0. The number of nitro benzene ring substituents is 1. The number of ether oxygens (including phenoxy) is 1. The number of benzene rings is 2. The van der Waals surface area contributed by atoms with Crippen LogP contribution in [0.2, 0.25) is 0 Å². The van der Waals surface area contributed by atoms with Gasteiger partial charge in [0.1, 0.15) is 11.4 Å². The summed E-state index contributed by atoms with van der Waals surface area (Å²) in [4.78, 5) is 14.8. The molecule has 0 amide bonds. The van der Waals surface area contributed by atoms with Gasteiger partial charge >= 0.3 is 0 Å². The van der Waals surface area contributed by atoms with Gasteiger partial charge in [0, 0.05) is 37.7 Å². The maximum Gasteiger partial charge on any atom is 0.269 e. The summed E-state index contributed by atoms with van der Waals surface area (Å²) in [5.41, 5.74) is 2.13. The van der Waals surface area contributed by atoms with Crippen LogP contribution in [0.5, 0.6) is 5.75 Å². The highest BCUT2D eigenvalue weighted by Crippen LogP contribution is 2.46. The summed E-state index contributed by atoms with van der Waals surface area (Å²) in [6.45, 7) is 0.535. The molecule has 1 spiro atoms. The van der Waals surface area contributed by atoms with E-state index in [0.29, 0.717) is 12.5 Å². The summed E-state index contributed by atoms with van der Waals surface area (Å²) >= 11 is 0. The minimum atomic E-state index is -0.390. The molecule has 160 valence electrons.